The quantitative estimate of drug-likeness (QED) is 0.149. The number of nitrogens with one attached hydrogen (secondary N) is 2. The Labute approximate surface area is 221 Å². The van der Waals surface area contributed by atoms with Crippen LogP contribution in [0, 0.1) is 5.82 Å². The minimum Gasteiger partial charge on any atom is -0.386 e. The number of nitrogens with two attached hydrogens (primary N) is 1. The highest BCUT2D eigenvalue weighted by atomic mass is 19.4. The van der Waals surface area contributed by atoms with Crippen LogP contribution in [0.1, 0.15) is 46.5 Å². The van der Waals surface area contributed by atoms with E-state index in [-0.39, 0.29) is 18.1 Å². The molecule has 1 aromatic carbocycles. The van der Waals surface area contributed by atoms with Gasteiger partial charge in [0, 0.05) is 50.3 Å². The van der Waals surface area contributed by atoms with Gasteiger partial charge in [-0.15, -0.1) is 5.17 Å². The molecule has 0 amide bonds. The first-order valence-corrected chi connectivity index (χ1v) is 12.9. The number of benzene rings is 1. The van der Waals surface area contributed by atoms with Gasteiger partial charge in [-0.05, 0) is 70.4 Å². The number of likely N-dealkylation sites (N-methyl/N-ethyl adjacent to an activating group) is 1. The zero-order valence-electron chi connectivity index (χ0n) is 22.5. The van der Waals surface area contributed by atoms with Crippen molar-refractivity contribution in [2.75, 3.05) is 50.0 Å². The van der Waals surface area contributed by atoms with Gasteiger partial charge in [0.15, 0.2) is 0 Å². The minimum atomic E-state index is -4.67. The van der Waals surface area contributed by atoms with E-state index in [0.29, 0.717) is 54.5 Å². The Bertz CT molecular complexity index is 1060. The predicted molar refractivity (Wildman–Crippen MR) is 142 cm³/mol. The third-order valence-corrected chi connectivity index (χ3v) is 7.47. The maximum atomic E-state index is 15.0. The number of rotatable bonds is 10. The Balaban J connectivity index is 1.80. The van der Waals surface area contributed by atoms with E-state index in [2.05, 4.69) is 20.5 Å². The standard InChI is InChI=1S/C26H39F4N7O/c1-5-18(2)24(34-20-7-8-23(22(27)15-20)36-13-11-35(4)12-14-36)32-16-21(26(28,29)30)19(3)33-17-25(37(31)38)9-6-10-25/h7-8,15-16,33-34,38H,5-6,9-14,17,31H2,1-4H3/b21-19-,24-18-,32-16-. The molecule has 0 atom stereocenters. The summed E-state index contributed by atoms with van der Waals surface area (Å²) in [7, 11) is 2.02. The van der Waals surface area contributed by atoms with Crippen molar-refractivity contribution in [3.63, 3.8) is 0 Å². The van der Waals surface area contributed by atoms with Crippen LogP contribution in [0.25, 0.3) is 0 Å². The van der Waals surface area contributed by atoms with Gasteiger partial charge in [-0.2, -0.15) is 13.2 Å². The maximum Gasteiger partial charge on any atom is 0.419 e. The molecule has 1 saturated heterocycles. The largest absolute Gasteiger partial charge is 0.419 e. The second-order valence-corrected chi connectivity index (χ2v) is 10.1. The van der Waals surface area contributed by atoms with Crippen LogP contribution in [0.15, 0.2) is 45.9 Å². The van der Waals surface area contributed by atoms with E-state index in [4.69, 9.17) is 5.84 Å². The third kappa shape index (κ3) is 7.25. The second kappa shape index (κ2) is 12.5. The molecule has 2 aliphatic rings. The van der Waals surface area contributed by atoms with Gasteiger partial charge >= 0.3 is 6.18 Å². The fourth-order valence-electron chi connectivity index (χ4n) is 4.42. The average molecular weight is 542 g/mol. The summed E-state index contributed by atoms with van der Waals surface area (Å²) >= 11 is 0. The number of halogens is 4. The van der Waals surface area contributed by atoms with Crippen molar-refractivity contribution in [3.8, 4) is 0 Å². The lowest BCUT2D eigenvalue weighted by atomic mass is 9.77. The summed E-state index contributed by atoms with van der Waals surface area (Å²) in [6.07, 6.45) is -1.38. The first kappa shape index (κ1) is 29.9. The van der Waals surface area contributed by atoms with Crippen LogP contribution in [0.4, 0.5) is 28.9 Å². The molecular weight excluding hydrogens is 502 g/mol. The van der Waals surface area contributed by atoms with Gasteiger partial charge in [0.05, 0.1) is 16.8 Å². The summed E-state index contributed by atoms with van der Waals surface area (Å²) in [6, 6.07) is 4.72. The van der Waals surface area contributed by atoms with Crippen LogP contribution < -0.4 is 21.4 Å². The van der Waals surface area contributed by atoms with Gasteiger partial charge in [-0.25, -0.2) is 15.2 Å². The smallest absolute Gasteiger partial charge is 0.386 e. The van der Waals surface area contributed by atoms with Crippen molar-refractivity contribution in [2.24, 2.45) is 10.8 Å². The van der Waals surface area contributed by atoms with Gasteiger partial charge in [0.1, 0.15) is 11.6 Å². The molecule has 5 N–H and O–H groups in total. The number of nitrogens with zero attached hydrogens (tertiary/aromatic N) is 4. The number of aliphatic imine (C=N–C) groups is 1. The van der Waals surface area contributed by atoms with Crippen molar-refractivity contribution in [3.05, 3.63) is 46.7 Å². The van der Waals surface area contributed by atoms with Crippen molar-refractivity contribution in [1.29, 1.82) is 0 Å². The topological polar surface area (TPSA) is 92.4 Å². The number of alkyl halides is 3. The highest BCUT2D eigenvalue weighted by Gasteiger charge is 2.42. The van der Waals surface area contributed by atoms with Gasteiger partial charge in [-0.3, -0.25) is 5.21 Å². The van der Waals surface area contributed by atoms with Crippen LogP contribution in [0.3, 0.4) is 0 Å². The molecule has 12 heteroatoms. The zero-order valence-corrected chi connectivity index (χ0v) is 22.5. The van der Waals surface area contributed by atoms with Crippen molar-refractivity contribution in [1.82, 2.24) is 15.4 Å². The van der Waals surface area contributed by atoms with Crippen LogP contribution >= 0.6 is 0 Å². The van der Waals surface area contributed by atoms with E-state index in [1.54, 1.807) is 19.1 Å². The van der Waals surface area contributed by atoms with Crippen molar-refractivity contribution >= 4 is 17.6 Å². The van der Waals surface area contributed by atoms with Crippen molar-refractivity contribution < 1.29 is 22.8 Å². The van der Waals surface area contributed by atoms with E-state index in [1.165, 1.54) is 13.0 Å². The Morgan fingerprint density at radius 3 is 2.37 bits per heavy atom. The van der Waals surface area contributed by atoms with E-state index in [9.17, 15) is 22.8 Å². The number of hydroxylamine groups is 1. The highest BCUT2D eigenvalue weighted by Crippen LogP contribution is 2.35. The highest BCUT2D eigenvalue weighted by molar-refractivity contribution is 5.82. The normalized spacial score (nSPS) is 19.8. The first-order chi connectivity index (χ1) is 17.9. The molecule has 212 valence electrons. The summed E-state index contributed by atoms with van der Waals surface area (Å²) < 4.78 is 56.8. The molecule has 0 bridgehead atoms. The number of piperazine rings is 1. The number of hydrogen-bond donors (Lipinski definition) is 4. The summed E-state index contributed by atoms with van der Waals surface area (Å²) in [5.74, 6) is 5.32. The molecule has 0 unspecified atom stereocenters. The molecule has 0 radical (unpaired) electrons. The summed E-state index contributed by atoms with van der Waals surface area (Å²) in [5, 5.41) is 16.1. The molecule has 1 aromatic rings. The minimum absolute atomic E-state index is 0.0626. The van der Waals surface area contributed by atoms with E-state index < -0.39 is 23.1 Å². The summed E-state index contributed by atoms with van der Waals surface area (Å²) in [5.41, 5.74) is -0.272. The van der Waals surface area contributed by atoms with Gasteiger partial charge < -0.3 is 20.4 Å². The summed E-state index contributed by atoms with van der Waals surface area (Å²) in [4.78, 5) is 8.31. The first-order valence-electron chi connectivity index (χ1n) is 12.9. The van der Waals surface area contributed by atoms with Gasteiger partial charge in [-0.1, -0.05) is 6.92 Å². The van der Waals surface area contributed by atoms with Crippen LogP contribution in [0.2, 0.25) is 0 Å². The van der Waals surface area contributed by atoms with E-state index >= 15 is 0 Å². The van der Waals surface area contributed by atoms with Gasteiger partial charge in [0.25, 0.3) is 0 Å². The fraction of sp³-hybridized carbons (Fsp3) is 0.577. The lowest BCUT2D eigenvalue weighted by Crippen LogP contribution is -2.60. The monoisotopic (exact) mass is 541 g/mol. The number of anilines is 2. The van der Waals surface area contributed by atoms with E-state index in [1.807, 2.05) is 18.9 Å². The van der Waals surface area contributed by atoms with Crippen molar-refractivity contribution in [2.45, 2.75) is 58.2 Å². The molecule has 0 aromatic heterocycles. The Morgan fingerprint density at radius 1 is 1.21 bits per heavy atom. The molecule has 1 saturated carbocycles. The molecule has 2 fully saturated rings. The molecule has 1 aliphatic carbocycles. The molecule has 3 rings (SSSR count). The van der Waals surface area contributed by atoms with E-state index in [0.717, 1.165) is 25.7 Å². The molecule has 8 nitrogen and oxygen atoms in total. The number of hydrazine groups is 1. The molecule has 1 heterocycles. The molecule has 1 aliphatic heterocycles. The predicted octanol–water partition coefficient (Wildman–Crippen LogP) is 4.62. The Kier molecular flexibility index (Phi) is 9.80. The molecule has 0 spiro atoms. The molecular formula is C26H39F4N7O. The second-order valence-electron chi connectivity index (χ2n) is 10.1. The lowest BCUT2D eigenvalue weighted by molar-refractivity contribution is -0.202. The molecule has 38 heavy (non-hydrogen) atoms. The van der Waals surface area contributed by atoms with Crippen LogP contribution in [-0.4, -0.2) is 73.0 Å². The average Bonchev–Trinajstić information content (AvgIpc) is 2.82. The number of allylic oxidation sites excluding steroid dienone is 3. The Hall–Kier alpha value is -2.67. The zero-order chi connectivity index (χ0) is 28.1. The Morgan fingerprint density at radius 2 is 1.87 bits per heavy atom. The third-order valence-electron chi connectivity index (χ3n) is 7.47. The van der Waals surface area contributed by atoms with Crippen LogP contribution in [-0.2, 0) is 0 Å². The maximum absolute atomic E-state index is 15.0. The summed E-state index contributed by atoms with van der Waals surface area (Å²) in [6.45, 7) is 8.11. The SMILES string of the molecule is CC/C(C)=C(/N=C\C(=C(/C)NCC1(N(N)O)CCC1)C(F)(F)F)Nc1ccc(N2CCN(C)CC2)c(F)c1. The van der Waals surface area contributed by atoms with Gasteiger partial charge in [0.2, 0.25) is 0 Å². The fourth-order valence-corrected chi connectivity index (χ4v) is 4.42. The lowest BCUT2D eigenvalue weighted by Gasteiger charge is -2.45. The number of hydrogen-bond acceptors (Lipinski definition) is 8. The van der Waals surface area contributed by atoms with Crippen LogP contribution in [0.5, 0.6) is 0 Å².